The molecule has 1 aromatic carbocycles. The summed E-state index contributed by atoms with van der Waals surface area (Å²) in [4.78, 5) is 1.20. The van der Waals surface area contributed by atoms with Crippen LogP contribution in [0.1, 0.15) is 16.5 Å². The van der Waals surface area contributed by atoms with Crippen molar-refractivity contribution in [1.29, 1.82) is 0 Å². The van der Waals surface area contributed by atoms with Gasteiger partial charge in [-0.15, -0.1) is 11.3 Å². The Bertz CT molecular complexity index is 425. The Labute approximate surface area is 98.8 Å². The summed E-state index contributed by atoms with van der Waals surface area (Å²) < 4.78 is 5.12. The second-order valence-electron chi connectivity index (χ2n) is 3.39. The first kappa shape index (κ1) is 11.1. The van der Waals surface area contributed by atoms with E-state index >= 15 is 0 Å². The van der Waals surface area contributed by atoms with Gasteiger partial charge in [-0.25, -0.2) is 5.43 Å². The van der Waals surface area contributed by atoms with Crippen molar-refractivity contribution in [3.05, 3.63) is 52.2 Å². The molecule has 1 atom stereocenters. The quantitative estimate of drug-likeness (QED) is 0.630. The molecule has 0 aliphatic heterocycles. The molecule has 1 unspecified atom stereocenters. The van der Waals surface area contributed by atoms with Crippen LogP contribution in [0.4, 0.5) is 0 Å². The topological polar surface area (TPSA) is 47.3 Å². The lowest BCUT2D eigenvalue weighted by Crippen LogP contribution is -2.28. The summed E-state index contributed by atoms with van der Waals surface area (Å²) in [6.07, 6.45) is 0. The third-order valence-electron chi connectivity index (χ3n) is 2.44. The Morgan fingerprint density at radius 1 is 1.25 bits per heavy atom. The molecular formula is C12H14N2OS. The normalized spacial score (nSPS) is 12.4. The van der Waals surface area contributed by atoms with Crippen molar-refractivity contribution in [2.75, 3.05) is 7.11 Å². The lowest BCUT2D eigenvalue weighted by Gasteiger charge is -2.14. The van der Waals surface area contributed by atoms with E-state index in [1.54, 1.807) is 18.4 Å². The number of ether oxygens (including phenoxy) is 1. The molecule has 0 saturated heterocycles. The molecule has 4 heteroatoms. The first-order valence-corrected chi connectivity index (χ1v) is 5.86. The van der Waals surface area contributed by atoms with Crippen LogP contribution in [-0.4, -0.2) is 7.11 Å². The van der Waals surface area contributed by atoms with Gasteiger partial charge in [-0.2, -0.15) is 0 Å². The highest BCUT2D eigenvalue weighted by atomic mass is 32.1. The van der Waals surface area contributed by atoms with E-state index in [4.69, 9.17) is 10.6 Å². The molecular weight excluding hydrogens is 220 g/mol. The van der Waals surface area contributed by atoms with Crippen molar-refractivity contribution in [1.82, 2.24) is 5.43 Å². The van der Waals surface area contributed by atoms with E-state index in [2.05, 4.69) is 11.5 Å². The van der Waals surface area contributed by atoms with Crippen LogP contribution in [0.2, 0.25) is 0 Å². The number of hydrogen-bond acceptors (Lipinski definition) is 4. The van der Waals surface area contributed by atoms with Crippen LogP contribution in [0.3, 0.4) is 0 Å². The minimum Gasteiger partial charge on any atom is -0.497 e. The molecule has 3 N–H and O–H groups in total. The molecule has 0 fully saturated rings. The highest BCUT2D eigenvalue weighted by Crippen LogP contribution is 2.26. The smallest absolute Gasteiger partial charge is 0.118 e. The van der Waals surface area contributed by atoms with Crippen molar-refractivity contribution in [2.45, 2.75) is 6.04 Å². The van der Waals surface area contributed by atoms with Crippen LogP contribution in [0.25, 0.3) is 0 Å². The van der Waals surface area contributed by atoms with Gasteiger partial charge in [0, 0.05) is 4.88 Å². The summed E-state index contributed by atoms with van der Waals surface area (Å²) in [5.74, 6) is 6.44. The van der Waals surface area contributed by atoms with Gasteiger partial charge >= 0.3 is 0 Å². The molecule has 0 aliphatic rings. The van der Waals surface area contributed by atoms with Crippen molar-refractivity contribution in [2.24, 2.45) is 5.84 Å². The fraction of sp³-hybridized carbons (Fsp3) is 0.167. The van der Waals surface area contributed by atoms with Gasteiger partial charge < -0.3 is 4.74 Å². The molecule has 2 aromatic rings. The van der Waals surface area contributed by atoms with Crippen LogP contribution in [0.15, 0.2) is 41.8 Å². The predicted octanol–water partition coefficient (Wildman–Crippen LogP) is 2.31. The van der Waals surface area contributed by atoms with Gasteiger partial charge in [0.1, 0.15) is 5.75 Å². The predicted molar refractivity (Wildman–Crippen MR) is 66.5 cm³/mol. The summed E-state index contributed by atoms with van der Waals surface area (Å²) in [6.45, 7) is 0. The molecule has 0 bridgehead atoms. The van der Waals surface area contributed by atoms with E-state index in [0.29, 0.717) is 0 Å². The lowest BCUT2D eigenvalue weighted by molar-refractivity contribution is 0.414. The minimum absolute atomic E-state index is 0.0471. The first-order valence-electron chi connectivity index (χ1n) is 4.98. The van der Waals surface area contributed by atoms with Crippen LogP contribution in [0, 0.1) is 0 Å². The van der Waals surface area contributed by atoms with Crippen molar-refractivity contribution < 1.29 is 4.74 Å². The molecule has 84 valence electrons. The van der Waals surface area contributed by atoms with Gasteiger partial charge in [0.2, 0.25) is 0 Å². The van der Waals surface area contributed by atoms with Crippen LogP contribution in [0.5, 0.6) is 5.75 Å². The first-order chi connectivity index (χ1) is 7.85. The van der Waals surface area contributed by atoms with Gasteiger partial charge in [-0.1, -0.05) is 18.2 Å². The molecule has 3 nitrogen and oxygen atoms in total. The van der Waals surface area contributed by atoms with Crippen molar-refractivity contribution >= 4 is 11.3 Å². The molecule has 1 aromatic heterocycles. The van der Waals surface area contributed by atoms with E-state index in [9.17, 15) is 0 Å². The van der Waals surface area contributed by atoms with E-state index in [0.717, 1.165) is 11.3 Å². The zero-order valence-electron chi connectivity index (χ0n) is 9.01. The van der Waals surface area contributed by atoms with E-state index < -0.39 is 0 Å². The number of hydrogen-bond donors (Lipinski definition) is 2. The van der Waals surface area contributed by atoms with Crippen LogP contribution in [-0.2, 0) is 0 Å². The van der Waals surface area contributed by atoms with Gasteiger partial charge in [-0.05, 0) is 29.1 Å². The average molecular weight is 234 g/mol. The second-order valence-corrected chi connectivity index (χ2v) is 4.37. The van der Waals surface area contributed by atoms with Crippen LogP contribution >= 0.6 is 11.3 Å². The molecule has 0 aliphatic carbocycles. The van der Waals surface area contributed by atoms with E-state index in [-0.39, 0.29) is 6.04 Å². The summed E-state index contributed by atoms with van der Waals surface area (Å²) in [7, 11) is 1.66. The number of nitrogens with one attached hydrogen (secondary N) is 1. The standard InChI is InChI=1S/C12H14N2OS/c1-15-10-6-4-9(5-7-10)12(14-13)11-3-2-8-16-11/h2-8,12,14H,13H2,1H3. The maximum Gasteiger partial charge on any atom is 0.118 e. The van der Waals surface area contributed by atoms with Crippen molar-refractivity contribution in [3.63, 3.8) is 0 Å². The van der Waals surface area contributed by atoms with E-state index in [1.807, 2.05) is 35.7 Å². The number of methoxy groups -OCH3 is 1. The zero-order chi connectivity index (χ0) is 11.4. The highest BCUT2D eigenvalue weighted by molar-refractivity contribution is 7.10. The number of hydrazine groups is 1. The van der Waals surface area contributed by atoms with Gasteiger partial charge in [0.15, 0.2) is 0 Å². The second kappa shape index (κ2) is 5.12. The Morgan fingerprint density at radius 2 is 2.00 bits per heavy atom. The zero-order valence-corrected chi connectivity index (χ0v) is 9.83. The molecule has 2 rings (SSSR count). The molecule has 0 spiro atoms. The summed E-state index contributed by atoms with van der Waals surface area (Å²) in [5, 5.41) is 2.04. The number of benzene rings is 1. The van der Waals surface area contributed by atoms with E-state index in [1.165, 1.54) is 4.88 Å². The van der Waals surface area contributed by atoms with Crippen molar-refractivity contribution in [3.8, 4) is 5.75 Å². The maximum absolute atomic E-state index is 5.59. The Balaban J connectivity index is 2.27. The van der Waals surface area contributed by atoms with Crippen LogP contribution < -0.4 is 16.0 Å². The number of rotatable bonds is 4. The fourth-order valence-corrected chi connectivity index (χ4v) is 2.41. The van der Waals surface area contributed by atoms with Gasteiger partial charge in [0.05, 0.1) is 13.2 Å². The summed E-state index contributed by atoms with van der Waals surface area (Å²) >= 11 is 1.69. The Kier molecular flexibility index (Phi) is 3.56. The van der Waals surface area contributed by atoms with Gasteiger partial charge in [0.25, 0.3) is 0 Å². The maximum atomic E-state index is 5.59. The molecule has 0 amide bonds. The number of nitrogens with two attached hydrogens (primary N) is 1. The minimum atomic E-state index is 0.0471. The Hall–Kier alpha value is -1.36. The van der Waals surface area contributed by atoms with Gasteiger partial charge in [-0.3, -0.25) is 5.84 Å². The fourth-order valence-electron chi connectivity index (χ4n) is 1.59. The Morgan fingerprint density at radius 3 is 2.50 bits per heavy atom. The lowest BCUT2D eigenvalue weighted by atomic mass is 10.1. The monoisotopic (exact) mass is 234 g/mol. The third-order valence-corrected chi connectivity index (χ3v) is 3.38. The molecule has 16 heavy (non-hydrogen) atoms. The molecule has 0 radical (unpaired) electrons. The largest absolute Gasteiger partial charge is 0.497 e. The summed E-state index contributed by atoms with van der Waals surface area (Å²) in [6, 6.07) is 12.0. The third kappa shape index (κ3) is 2.24. The molecule has 0 saturated carbocycles. The summed E-state index contributed by atoms with van der Waals surface area (Å²) in [5.41, 5.74) is 3.96. The average Bonchev–Trinajstić information content (AvgIpc) is 2.85. The number of thiophene rings is 1. The highest BCUT2D eigenvalue weighted by Gasteiger charge is 2.12. The SMILES string of the molecule is COc1ccc(C(NN)c2cccs2)cc1. The molecule has 1 heterocycles.